The molecule has 0 aliphatic rings. The first-order valence-electron chi connectivity index (χ1n) is 9.53. The molecule has 4 heteroatoms. The number of likely N-dealkylation sites (N-methyl/N-ethyl adjacent to an activating group) is 1. The number of unbranched alkanes of at least 4 members (excludes halogenated alkanes) is 7. The van der Waals surface area contributed by atoms with Gasteiger partial charge < -0.3 is 9.22 Å². The molecule has 0 bridgehead atoms. The van der Waals surface area contributed by atoms with Crippen LogP contribution in [-0.2, 0) is 4.79 Å². The Labute approximate surface area is 165 Å². The number of halogens is 1. The zero-order chi connectivity index (χ0) is 17.8. The molecule has 0 heterocycles. The van der Waals surface area contributed by atoms with Gasteiger partial charge in [-0.15, -0.1) is 17.0 Å². The number of carbonyl (C=O) groups excluding carboxylic acids is 1. The van der Waals surface area contributed by atoms with E-state index in [1.165, 1.54) is 44.9 Å². The molecule has 25 heavy (non-hydrogen) atoms. The molecule has 0 aromatic heterocycles. The van der Waals surface area contributed by atoms with Gasteiger partial charge in [0.1, 0.15) is 5.75 Å². The zero-order valence-corrected chi connectivity index (χ0v) is 18.2. The van der Waals surface area contributed by atoms with E-state index in [1.807, 2.05) is 30.3 Å². The maximum absolute atomic E-state index is 12.6. The summed E-state index contributed by atoms with van der Waals surface area (Å²) in [6, 6.07) is 9.27. The summed E-state index contributed by atoms with van der Waals surface area (Å²) in [5.41, 5.74) is 0. The minimum absolute atomic E-state index is 0. The van der Waals surface area contributed by atoms with Gasteiger partial charge in [0, 0.05) is 6.42 Å². The standard InChI is InChI=1S/C21H36NO2.BrH/c1-5-6-7-8-9-10-11-15-18-20(22(2,3)4)21(23)24-19-16-13-12-14-17-19;/h12-14,16-17,20H,5-11,15,18H2,1-4H3;1H/q+1;. The third-order valence-corrected chi connectivity index (χ3v) is 4.50. The number of ether oxygens (including phenoxy) is 1. The Balaban J connectivity index is 0.00000576. The third kappa shape index (κ3) is 10.7. The fourth-order valence-corrected chi connectivity index (χ4v) is 2.97. The first-order valence-corrected chi connectivity index (χ1v) is 9.53. The van der Waals surface area contributed by atoms with Gasteiger partial charge in [-0.05, 0) is 18.6 Å². The predicted molar refractivity (Wildman–Crippen MR) is 111 cm³/mol. The molecule has 0 saturated carbocycles. The second-order valence-corrected chi connectivity index (χ2v) is 7.63. The summed E-state index contributed by atoms with van der Waals surface area (Å²) in [6.07, 6.45) is 11.2. The summed E-state index contributed by atoms with van der Waals surface area (Å²) in [5.74, 6) is 0.522. The van der Waals surface area contributed by atoms with Gasteiger partial charge in [-0.2, -0.15) is 0 Å². The lowest BCUT2D eigenvalue weighted by molar-refractivity contribution is -0.887. The fraction of sp³-hybridized carbons (Fsp3) is 0.667. The molecule has 3 nitrogen and oxygen atoms in total. The third-order valence-electron chi connectivity index (χ3n) is 4.50. The van der Waals surface area contributed by atoms with E-state index >= 15 is 0 Å². The molecule has 144 valence electrons. The van der Waals surface area contributed by atoms with E-state index in [0.717, 1.165) is 12.8 Å². The second kappa shape index (κ2) is 13.3. The van der Waals surface area contributed by atoms with Crippen molar-refractivity contribution in [2.24, 2.45) is 0 Å². The van der Waals surface area contributed by atoms with Gasteiger partial charge in [0.25, 0.3) is 0 Å². The molecule has 1 atom stereocenters. The monoisotopic (exact) mass is 414 g/mol. The lowest BCUT2D eigenvalue weighted by Gasteiger charge is -2.32. The van der Waals surface area contributed by atoms with E-state index < -0.39 is 0 Å². The van der Waals surface area contributed by atoms with Crippen LogP contribution in [0.4, 0.5) is 0 Å². The highest BCUT2D eigenvalue weighted by Gasteiger charge is 2.32. The van der Waals surface area contributed by atoms with Gasteiger partial charge in [-0.25, -0.2) is 4.79 Å². The predicted octanol–water partition coefficient (Wildman–Crippen LogP) is 5.78. The molecule has 0 aliphatic carbocycles. The molecule has 0 aliphatic heterocycles. The quantitative estimate of drug-likeness (QED) is 0.187. The van der Waals surface area contributed by atoms with E-state index in [-0.39, 0.29) is 29.0 Å². The maximum atomic E-state index is 12.6. The topological polar surface area (TPSA) is 26.3 Å². The van der Waals surface area contributed by atoms with Gasteiger partial charge in [-0.1, -0.05) is 70.1 Å². The van der Waals surface area contributed by atoms with Crippen molar-refractivity contribution in [2.45, 2.75) is 70.8 Å². The summed E-state index contributed by atoms with van der Waals surface area (Å²) in [7, 11) is 6.21. The molecule has 1 aromatic rings. The van der Waals surface area contributed by atoms with Crippen LogP contribution in [0.3, 0.4) is 0 Å². The van der Waals surface area contributed by atoms with E-state index in [0.29, 0.717) is 10.2 Å². The van der Waals surface area contributed by atoms with Crippen molar-refractivity contribution >= 4 is 23.0 Å². The van der Waals surface area contributed by atoms with Crippen molar-refractivity contribution in [3.05, 3.63) is 30.3 Å². The molecule has 1 aromatic carbocycles. The number of hydrogen-bond donors (Lipinski definition) is 0. The summed E-state index contributed by atoms with van der Waals surface area (Å²) >= 11 is 0. The van der Waals surface area contributed by atoms with Crippen LogP contribution < -0.4 is 4.74 Å². The van der Waals surface area contributed by atoms with Gasteiger partial charge >= 0.3 is 5.97 Å². The SMILES string of the molecule is Br.CCCCCCCCCCC(C(=O)Oc1ccccc1)[N+](C)(C)C. The zero-order valence-electron chi connectivity index (χ0n) is 16.5. The molecule has 0 amide bonds. The Morgan fingerprint density at radius 1 is 0.920 bits per heavy atom. The van der Waals surface area contributed by atoms with E-state index in [1.54, 1.807) is 0 Å². The highest BCUT2D eigenvalue weighted by Crippen LogP contribution is 2.18. The van der Waals surface area contributed by atoms with Crippen molar-refractivity contribution < 1.29 is 14.0 Å². The highest BCUT2D eigenvalue weighted by molar-refractivity contribution is 8.93. The molecule has 0 radical (unpaired) electrons. The first kappa shape index (κ1) is 24.1. The molecule has 0 N–H and O–H groups in total. The number of hydrogen-bond acceptors (Lipinski definition) is 2. The summed E-state index contributed by atoms with van der Waals surface area (Å²) in [5, 5.41) is 0. The van der Waals surface area contributed by atoms with Crippen LogP contribution in [0.15, 0.2) is 30.3 Å². The largest absolute Gasteiger partial charge is 0.422 e. The van der Waals surface area contributed by atoms with Crippen molar-refractivity contribution in [1.29, 1.82) is 0 Å². The van der Waals surface area contributed by atoms with Crippen molar-refractivity contribution in [3.63, 3.8) is 0 Å². The summed E-state index contributed by atoms with van der Waals surface area (Å²) in [4.78, 5) is 12.6. The van der Waals surface area contributed by atoms with Gasteiger partial charge in [0.15, 0.2) is 6.04 Å². The van der Waals surface area contributed by atoms with Crippen LogP contribution in [0, 0.1) is 0 Å². The Kier molecular flexibility index (Phi) is 12.9. The number of rotatable bonds is 12. The van der Waals surface area contributed by atoms with Crippen LogP contribution in [0.2, 0.25) is 0 Å². The molecular formula is C21H37BrNO2+. The van der Waals surface area contributed by atoms with Crippen molar-refractivity contribution in [1.82, 2.24) is 0 Å². The lowest BCUT2D eigenvalue weighted by atomic mass is 10.0. The van der Waals surface area contributed by atoms with Gasteiger partial charge in [0.2, 0.25) is 0 Å². The Hall–Kier alpha value is -0.870. The average Bonchev–Trinajstić information content (AvgIpc) is 2.53. The maximum Gasteiger partial charge on any atom is 0.370 e. The highest BCUT2D eigenvalue weighted by atomic mass is 79.9. The number of para-hydroxylation sites is 1. The molecule has 1 unspecified atom stereocenters. The molecular weight excluding hydrogens is 378 g/mol. The van der Waals surface area contributed by atoms with Crippen LogP contribution in [-0.4, -0.2) is 37.6 Å². The summed E-state index contributed by atoms with van der Waals surface area (Å²) in [6.45, 7) is 2.25. The number of benzene rings is 1. The minimum atomic E-state index is -0.114. The van der Waals surface area contributed by atoms with Crippen LogP contribution in [0.5, 0.6) is 5.75 Å². The van der Waals surface area contributed by atoms with E-state index in [2.05, 4.69) is 28.1 Å². The molecule has 0 saturated heterocycles. The smallest absolute Gasteiger partial charge is 0.370 e. The molecule has 1 rings (SSSR count). The van der Waals surface area contributed by atoms with Crippen LogP contribution in [0.25, 0.3) is 0 Å². The Morgan fingerprint density at radius 2 is 1.44 bits per heavy atom. The van der Waals surface area contributed by atoms with Crippen LogP contribution >= 0.6 is 17.0 Å². The summed E-state index contributed by atoms with van der Waals surface area (Å²) < 4.78 is 6.18. The number of quaternary nitrogens is 1. The van der Waals surface area contributed by atoms with E-state index in [9.17, 15) is 4.79 Å². The van der Waals surface area contributed by atoms with Gasteiger partial charge in [-0.3, -0.25) is 0 Å². The second-order valence-electron chi connectivity index (χ2n) is 7.63. The molecule has 0 fully saturated rings. The van der Waals surface area contributed by atoms with Crippen LogP contribution in [0.1, 0.15) is 64.7 Å². The minimum Gasteiger partial charge on any atom is -0.422 e. The fourth-order valence-electron chi connectivity index (χ4n) is 2.97. The number of nitrogens with zero attached hydrogens (tertiary/aromatic N) is 1. The molecule has 0 spiro atoms. The average molecular weight is 415 g/mol. The van der Waals surface area contributed by atoms with Gasteiger partial charge in [0.05, 0.1) is 21.1 Å². The van der Waals surface area contributed by atoms with Crippen molar-refractivity contribution in [2.75, 3.05) is 21.1 Å². The van der Waals surface area contributed by atoms with Crippen molar-refractivity contribution in [3.8, 4) is 5.75 Å². The Bertz CT molecular complexity index is 457. The number of carbonyl (C=O) groups is 1. The Morgan fingerprint density at radius 3 is 1.96 bits per heavy atom. The lowest BCUT2D eigenvalue weighted by Crippen LogP contribution is -2.51. The normalized spacial score (nSPS) is 12.3. The van der Waals surface area contributed by atoms with E-state index in [4.69, 9.17) is 4.74 Å². The number of esters is 1. The first-order chi connectivity index (χ1) is 11.4.